The van der Waals surface area contributed by atoms with Crippen molar-refractivity contribution in [3.05, 3.63) is 24.3 Å². The molecule has 0 atom stereocenters. The van der Waals surface area contributed by atoms with Gasteiger partial charge in [0.25, 0.3) is 0 Å². The van der Waals surface area contributed by atoms with Gasteiger partial charge in [-0.05, 0) is 12.3 Å². The Morgan fingerprint density at radius 3 is 2.45 bits per heavy atom. The van der Waals surface area contributed by atoms with Gasteiger partial charge in [0.05, 0.1) is 0 Å². The molecule has 2 nitrogen and oxygen atoms in total. The Kier molecular flexibility index (Phi) is 4.27. The van der Waals surface area contributed by atoms with Crippen LogP contribution < -0.4 is 5.73 Å². The van der Waals surface area contributed by atoms with Gasteiger partial charge in [0.2, 0.25) is 5.91 Å². The highest BCUT2D eigenvalue weighted by atomic mass is 16.1. The highest BCUT2D eigenvalue weighted by molar-refractivity contribution is 5.92. The SMILES string of the molecule is C=CC=C(CC(C)C)C(N)=O. The van der Waals surface area contributed by atoms with Crippen LogP contribution in [0.4, 0.5) is 0 Å². The number of carbonyl (C=O) groups excluding carboxylic acids is 1. The van der Waals surface area contributed by atoms with Gasteiger partial charge in [-0.25, -0.2) is 0 Å². The Morgan fingerprint density at radius 1 is 1.64 bits per heavy atom. The second-order valence-electron chi connectivity index (χ2n) is 2.89. The Bertz CT molecular complexity index is 180. The van der Waals surface area contributed by atoms with E-state index in [1.54, 1.807) is 12.2 Å². The summed E-state index contributed by atoms with van der Waals surface area (Å²) in [5, 5.41) is 0. The molecule has 0 aliphatic rings. The van der Waals surface area contributed by atoms with E-state index in [9.17, 15) is 4.79 Å². The Hall–Kier alpha value is -1.05. The zero-order chi connectivity index (χ0) is 8.85. The van der Waals surface area contributed by atoms with Gasteiger partial charge in [-0.3, -0.25) is 4.79 Å². The van der Waals surface area contributed by atoms with Crippen LogP contribution in [0, 0.1) is 5.92 Å². The van der Waals surface area contributed by atoms with Gasteiger partial charge in [0, 0.05) is 5.57 Å². The molecule has 0 bridgehead atoms. The summed E-state index contributed by atoms with van der Waals surface area (Å²) in [6.07, 6.45) is 3.98. The molecule has 0 saturated heterocycles. The molecule has 2 heteroatoms. The van der Waals surface area contributed by atoms with Gasteiger partial charge in [0.15, 0.2) is 0 Å². The lowest BCUT2D eigenvalue weighted by molar-refractivity contribution is -0.114. The summed E-state index contributed by atoms with van der Waals surface area (Å²) in [7, 11) is 0. The predicted molar refractivity (Wildman–Crippen MR) is 46.9 cm³/mol. The quantitative estimate of drug-likeness (QED) is 0.484. The topological polar surface area (TPSA) is 43.1 Å². The maximum Gasteiger partial charge on any atom is 0.244 e. The first-order valence-electron chi connectivity index (χ1n) is 3.69. The van der Waals surface area contributed by atoms with E-state index in [4.69, 9.17) is 5.73 Å². The van der Waals surface area contributed by atoms with Crippen molar-refractivity contribution in [1.29, 1.82) is 0 Å². The summed E-state index contributed by atoms with van der Waals surface area (Å²) in [5.74, 6) is 0.104. The molecule has 0 rings (SSSR count). The van der Waals surface area contributed by atoms with E-state index in [2.05, 4.69) is 6.58 Å². The molecule has 0 heterocycles. The summed E-state index contributed by atoms with van der Waals surface area (Å²) in [6, 6.07) is 0. The third-order valence-corrected chi connectivity index (χ3v) is 1.26. The van der Waals surface area contributed by atoms with E-state index in [1.807, 2.05) is 13.8 Å². The molecular weight excluding hydrogens is 138 g/mol. The number of amides is 1. The third kappa shape index (κ3) is 4.37. The number of rotatable bonds is 4. The van der Waals surface area contributed by atoms with E-state index >= 15 is 0 Å². The molecule has 62 valence electrons. The fourth-order valence-corrected chi connectivity index (χ4v) is 0.833. The molecule has 0 aromatic carbocycles. The lowest BCUT2D eigenvalue weighted by atomic mass is 10.0. The van der Waals surface area contributed by atoms with Crippen molar-refractivity contribution >= 4 is 5.91 Å². The Balaban J connectivity index is 4.23. The smallest absolute Gasteiger partial charge is 0.244 e. The van der Waals surface area contributed by atoms with Crippen LogP contribution in [-0.2, 0) is 4.79 Å². The van der Waals surface area contributed by atoms with Gasteiger partial charge in [-0.15, -0.1) is 0 Å². The van der Waals surface area contributed by atoms with Crippen LogP contribution in [0.3, 0.4) is 0 Å². The van der Waals surface area contributed by atoms with Crippen LogP contribution in [0.5, 0.6) is 0 Å². The number of carbonyl (C=O) groups is 1. The van der Waals surface area contributed by atoms with Crippen molar-refractivity contribution < 1.29 is 4.79 Å². The first kappa shape index (κ1) is 9.95. The fraction of sp³-hybridized carbons (Fsp3) is 0.444. The van der Waals surface area contributed by atoms with E-state index < -0.39 is 0 Å². The minimum absolute atomic E-state index is 0.349. The van der Waals surface area contributed by atoms with Crippen LogP contribution in [0.2, 0.25) is 0 Å². The average Bonchev–Trinajstić information content (AvgIpc) is 1.86. The molecule has 0 saturated carbocycles. The maximum atomic E-state index is 10.7. The van der Waals surface area contributed by atoms with E-state index in [0.29, 0.717) is 11.5 Å². The van der Waals surface area contributed by atoms with Crippen molar-refractivity contribution in [2.24, 2.45) is 11.7 Å². The van der Waals surface area contributed by atoms with Crippen LogP contribution in [-0.4, -0.2) is 5.91 Å². The first-order valence-corrected chi connectivity index (χ1v) is 3.69. The highest BCUT2D eigenvalue weighted by Crippen LogP contribution is 2.09. The van der Waals surface area contributed by atoms with E-state index in [-0.39, 0.29) is 5.91 Å². The summed E-state index contributed by atoms with van der Waals surface area (Å²) in [4.78, 5) is 10.7. The molecule has 0 fully saturated rings. The van der Waals surface area contributed by atoms with Gasteiger partial charge in [-0.2, -0.15) is 0 Å². The normalized spacial score (nSPS) is 11.7. The van der Waals surface area contributed by atoms with Gasteiger partial charge < -0.3 is 5.73 Å². The zero-order valence-corrected chi connectivity index (χ0v) is 7.13. The summed E-state index contributed by atoms with van der Waals surface area (Å²) >= 11 is 0. The largest absolute Gasteiger partial charge is 0.366 e. The maximum absolute atomic E-state index is 10.7. The lowest BCUT2D eigenvalue weighted by Crippen LogP contribution is -2.15. The molecular formula is C9H15NO. The van der Waals surface area contributed by atoms with Crippen LogP contribution >= 0.6 is 0 Å². The van der Waals surface area contributed by atoms with Crippen molar-refractivity contribution in [3.8, 4) is 0 Å². The molecule has 0 aliphatic heterocycles. The minimum atomic E-state index is -0.349. The van der Waals surface area contributed by atoms with Crippen LogP contribution in [0.25, 0.3) is 0 Å². The molecule has 0 aromatic heterocycles. The standard InChI is InChI=1S/C9H15NO/c1-4-5-8(9(10)11)6-7(2)3/h4-5,7H,1,6H2,2-3H3,(H2,10,11). The summed E-state index contributed by atoms with van der Waals surface area (Å²) < 4.78 is 0. The number of hydrogen-bond acceptors (Lipinski definition) is 1. The number of hydrogen-bond donors (Lipinski definition) is 1. The average molecular weight is 153 g/mol. The van der Waals surface area contributed by atoms with Gasteiger partial charge in [-0.1, -0.05) is 32.6 Å². The van der Waals surface area contributed by atoms with Crippen LogP contribution in [0.1, 0.15) is 20.3 Å². The fourth-order valence-electron chi connectivity index (χ4n) is 0.833. The number of primary amides is 1. The first-order chi connectivity index (χ1) is 5.07. The van der Waals surface area contributed by atoms with Crippen molar-refractivity contribution in [3.63, 3.8) is 0 Å². The molecule has 1 amide bonds. The van der Waals surface area contributed by atoms with E-state index in [1.165, 1.54) is 0 Å². The van der Waals surface area contributed by atoms with Crippen molar-refractivity contribution in [1.82, 2.24) is 0 Å². The van der Waals surface area contributed by atoms with Gasteiger partial charge in [0.1, 0.15) is 0 Å². The second kappa shape index (κ2) is 4.72. The molecule has 0 aliphatic carbocycles. The molecule has 0 spiro atoms. The number of nitrogens with two attached hydrogens (primary N) is 1. The molecule has 0 radical (unpaired) electrons. The highest BCUT2D eigenvalue weighted by Gasteiger charge is 2.05. The molecule has 0 unspecified atom stereocenters. The van der Waals surface area contributed by atoms with E-state index in [0.717, 1.165) is 6.42 Å². The minimum Gasteiger partial charge on any atom is -0.366 e. The monoisotopic (exact) mass is 153 g/mol. The van der Waals surface area contributed by atoms with Crippen LogP contribution in [0.15, 0.2) is 24.3 Å². The number of allylic oxidation sites excluding steroid dienone is 2. The summed E-state index contributed by atoms with van der Waals surface area (Å²) in [5.41, 5.74) is 5.76. The molecule has 11 heavy (non-hydrogen) atoms. The summed E-state index contributed by atoms with van der Waals surface area (Å²) in [6.45, 7) is 7.59. The van der Waals surface area contributed by atoms with Crippen molar-refractivity contribution in [2.45, 2.75) is 20.3 Å². The molecule has 0 aromatic rings. The zero-order valence-electron chi connectivity index (χ0n) is 7.13. The molecule has 2 N–H and O–H groups in total. The van der Waals surface area contributed by atoms with Gasteiger partial charge >= 0.3 is 0 Å². The van der Waals surface area contributed by atoms with Crippen molar-refractivity contribution in [2.75, 3.05) is 0 Å². The predicted octanol–water partition coefficient (Wildman–Crippen LogP) is 1.63. The Morgan fingerprint density at radius 2 is 2.18 bits per heavy atom. The second-order valence-corrected chi connectivity index (χ2v) is 2.89. The third-order valence-electron chi connectivity index (χ3n) is 1.26. The Labute approximate surface area is 67.8 Å². The lowest BCUT2D eigenvalue weighted by Gasteiger charge is -2.04.